The molecule has 7 nitrogen and oxygen atoms in total. The SMILES string of the molecule is O=C(NCCSCc1ccccc1F)N1CCN(c2ccc(C(F)(F)F)cc2[N+](=O)[O-])CC1. The molecule has 1 aliphatic heterocycles. The first-order valence-corrected chi connectivity index (χ1v) is 11.3. The Morgan fingerprint density at radius 1 is 1.12 bits per heavy atom. The highest BCUT2D eigenvalue weighted by Gasteiger charge is 2.34. The van der Waals surface area contributed by atoms with Crippen LogP contribution in [-0.4, -0.2) is 54.3 Å². The summed E-state index contributed by atoms with van der Waals surface area (Å²) in [5.74, 6) is 0.824. The predicted octanol–water partition coefficient (Wildman–Crippen LogP) is 4.52. The molecule has 2 aromatic carbocycles. The number of piperazine rings is 1. The van der Waals surface area contributed by atoms with Crippen molar-refractivity contribution in [1.82, 2.24) is 10.2 Å². The van der Waals surface area contributed by atoms with Crippen LogP contribution in [0.4, 0.5) is 33.7 Å². The van der Waals surface area contributed by atoms with Crippen molar-refractivity contribution in [2.24, 2.45) is 0 Å². The van der Waals surface area contributed by atoms with Crippen LogP contribution in [0.3, 0.4) is 0 Å². The van der Waals surface area contributed by atoms with E-state index in [0.717, 1.165) is 12.1 Å². The minimum Gasteiger partial charge on any atom is -0.362 e. The largest absolute Gasteiger partial charge is 0.416 e. The van der Waals surface area contributed by atoms with Crippen molar-refractivity contribution in [3.63, 3.8) is 0 Å². The third kappa shape index (κ3) is 6.50. The Kier molecular flexibility index (Phi) is 8.01. The van der Waals surface area contributed by atoms with E-state index in [1.54, 1.807) is 28.0 Å². The number of carbonyl (C=O) groups is 1. The standard InChI is InChI=1S/C21H22F4N4O3S/c22-17-4-2-1-3-15(17)14-33-12-7-26-20(30)28-10-8-27(9-11-28)18-6-5-16(21(23,24)25)13-19(18)29(31)32/h1-6,13H,7-12,14H2,(H,26,30). The van der Waals surface area contributed by atoms with Crippen molar-refractivity contribution >= 4 is 29.2 Å². The molecule has 1 heterocycles. The Balaban J connectivity index is 1.47. The fourth-order valence-electron chi connectivity index (χ4n) is 3.40. The van der Waals surface area contributed by atoms with Gasteiger partial charge in [0, 0.05) is 50.3 Å². The first-order chi connectivity index (χ1) is 15.7. The van der Waals surface area contributed by atoms with Crippen molar-refractivity contribution in [3.05, 3.63) is 69.5 Å². The van der Waals surface area contributed by atoms with Crippen molar-refractivity contribution in [2.45, 2.75) is 11.9 Å². The highest BCUT2D eigenvalue weighted by atomic mass is 32.2. The number of nitrogens with one attached hydrogen (secondary N) is 1. The summed E-state index contributed by atoms with van der Waals surface area (Å²) in [6.45, 7) is 1.44. The molecule has 1 N–H and O–H groups in total. The Bertz CT molecular complexity index is 998. The lowest BCUT2D eigenvalue weighted by molar-refractivity contribution is -0.384. The summed E-state index contributed by atoms with van der Waals surface area (Å²) < 4.78 is 52.3. The second kappa shape index (κ2) is 10.7. The first kappa shape index (κ1) is 24.6. The molecule has 0 aromatic heterocycles. The van der Waals surface area contributed by atoms with Crippen LogP contribution in [0.5, 0.6) is 0 Å². The number of carbonyl (C=O) groups excluding carboxylic acids is 1. The van der Waals surface area contributed by atoms with Crippen molar-refractivity contribution in [2.75, 3.05) is 43.4 Å². The second-order valence-corrected chi connectivity index (χ2v) is 8.41. The van der Waals surface area contributed by atoms with Gasteiger partial charge in [-0.25, -0.2) is 9.18 Å². The van der Waals surface area contributed by atoms with Gasteiger partial charge in [0.2, 0.25) is 0 Å². The quantitative estimate of drug-likeness (QED) is 0.270. The summed E-state index contributed by atoms with van der Waals surface area (Å²) in [5.41, 5.74) is -1.00. The number of anilines is 1. The van der Waals surface area contributed by atoms with Gasteiger partial charge >= 0.3 is 12.2 Å². The van der Waals surface area contributed by atoms with Gasteiger partial charge in [-0.15, -0.1) is 0 Å². The highest BCUT2D eigenvalue weighted by Crippen LogP contribution is 2.36. The number of amides is 2. The lowest BCUT2D eigenvalue weighted by Gasteiger charge is -2.35. The lowest BCUT2D eigenvalue weighted by Crippen LogP contribution is -2.52. The Labute approximate surface area is 191 Å². The Morgan fingerprint density at radius 3 is 2.45 bits per heavy atom. The van der Waals surface area contributed by atoms with Crippen LogP contribution in [0.1, 0.15) is 11.1 Å². The molecule has 0 radical (unpaired) electrons. The molecule has 2 aromatic rings. The van der Waals surface area contributed by atoms with E-state index in [9.17, 15) is 32.5 Å². The van der Waals surface area contributed by atoms with E-state index in [1.807, 2.05) is 0 Å². The zero-order valence-electron chi connectivity index (χ0n) is 17.5. The number of urea groups is 1. The third-order valence-electron chi connectivity index (χ3n) is 5.15. The summed E-state index contributed by atoms with van der Waals surface area (Å²) in [6.07, 6.45) is -4.67. The van der Waals surface area contributed by atoms with Gasteiger partial charge in [0.05, 0.1) is 10.5 Å². The van der Waals surface area contributed by atoms with Crippen LogP contribution < -0.4 is 10.2 Å². The van der Waals surface area contributed by atoms with Crippen LogP contribution in [-0.2, 0) is 11.9 Å². The third-order valence-corrected chi connectivity index (χ3v) is 6.15. The molecule has 0 unspecified atom stereocenters. The van der Waals surface area contributed by atoms with Gasteiger partial charge in [0.25, 0.3) is 5.69 Å². The maximum Gasteiger partial charge on any atom is 0.416 e. The van der Waals surface area contributed by atoms with Gasteiger partial charge in [-0.05, 0) is 23.8 Å². The Morgan fingerprint density at radius 2 is 1.82 bits per heavy atom. The minimum absolute atomic E-state index is 0.0950. The summed E-state index contributed by atoms with van der Waals surface area (Å²) in [6, 6.07) is 8.66. The molecule has 0 saturated carbocycles. The number of benzene rings is 2. The van der Waals surface area contributed by atoms with Crippen molar-refractivity contribution in [3.8, 4) is 0 Å². The number of alkyl halides is 3. The number of nitro groups is 1. The lowest BCUT2D eigenvalue weighted by atomic mass is 10.1. The topological polar surface area (TPSA) is 78.7 Å². The van der Waals surface area contributed by atoms with Gasteiger partial charge in [0.1, 0.15) is 11.5 Å². The predicted molar refractivity (Wildman–Crippen MR) is 118 cm³/mol. The highest BCUT2D eigenvalue weighted by molar-refractivity contribution is 7.98. The number of thioether (sulfide) groups is 1. The number of hydrogen-bond acceptors (Lipinski definition) is 5. The Hall–Kier alpha value is -3.02. The molecule has 0 bridgehead atoms. The molecule has 0 atom stereocenters. The van der Waals surface area contributed by atoms with Crippen molar-refractivity contribution < 1.29 is 27.3 Å². The maximum atomic E-state index is 13.6. The normalized spacial score (nSPS) is 14.3. The van der Waals surface area contributed by atoms with Crippen LogP contribution in [0.15, 0.2) is 42.5 Å². The molecular formula is C21H22F4N4O3S. The van der Waals surface area contributed by atoms with E-state index >= 15 is 0 Å². The zero-order chi connectivity index (χ0) is 24.0. The second-order valence-electron chi connectivity index (χ2n) is 7.31. The van der Waals surface area contributed by atoms with Crippen LogP contribution in [0, 0.1) is 15.9 Å². The zero-order valence-corrected chi connectivity index (χ0v) is 18.3. The van der Waals surface area contributed by atoms with Gasteiger partial charge in [0.15, 0.2) is 0 Å². The van der Waals surface area contributed by atoms with Crippen molar-refractivity contribution in [1.29, 1.82) is 0 Å². The van der Waals surface area contributed by atoms with E-state index in [4.69, 9.17) is 0 Å². The van der Waals surface area contributed by atoms with Gasteiger partial charge in [-0.3, -0.25) is 10.1 Å². The maximum absolute atomic E-state index is 13.6. The molecule has 0 spiro atoms. The molecule has 1 saturated heterocycles. The fourth-order valence-corrected chi connectivity index (χ4v) is 4.25. The van der Waals surface area contributed by atoms with E-state index in [1.165, 1.54) is 17.8 Å². The van der Waals surface area contributed by atoms with E-state index in [0.29, 0.717) is 29.7 Å². The summed E-state index contributed by atoms with van der Waals surface area (Å²) in [7, 11) is 0. The smallest absolute Gasteiger partial charge is 0.362 e. The molecule has 1 fully saturated rings. The molecule has 2 amide bonds. The fraction of sp³-hybridized carbons (Fsp3) is 0.381. The summed E-state index contributed by atoms with van der Waals surface area (Å²) in [4.78, 5) is 26.0. The molecule has 1 aliphatic rings. The van der Waals surface area contributed by atoms with E-state index < -0.39 is 22.4 Å². The molecule has 33 heavy (non-hydrogen) atoms. The van der Waals surface area contributed by atoms with Crippen LogP contribution in [0.25, 0.3) is 0 Å². The van der Waals surface area contributed by atoms with Crippen LogP contribution in [0.2, 0.25) is 0 Å². The number of rotatable bonds is 7. The number of hydrogen-bond donors (Lipinski definition) is 1. The minimum atomic E-state index is -4.67. The molecule has 12 heteroatoms. The average molecular weight is 486 g/mol. The van der Waals surface area contributed by atoms with E-state index in [2.05, 4.69) is 5.32 Å². The number of nitro benzene ring substituents is 1. The molecule has 178 valence electrons. The van der Waals surface area contributed by atoms with Crippen LogP contribution >= 0.6 is 11.8 Å². The molecule has 0 aliphatic carbocycles. The average Bonchev–Trinajstić information content (AvgIpc) is 2.79. The van der Waals surface area contributed by atoms with Gasteiger partial charge in [-0.1, -0.05) is 18.2 Å². The molecular weight excluding hydrogens is 464 g/mol. The summed E-state index contributed by atoms with van der Waals surface area (Å²) >= 11 is 1.49. The monoisotopic (exact) mass is 486 g/mol. The first-order valence-electron chi connectivity index (χ1n) is 10.1. The summed E-state index contributed by atoms with van der Waals surface area (Å²) in [5, 5.41) is 14.1. The number of nitrogens with zero attached hydrogens (tertiary/aromatic N) is 3. The van der Waals surface area contributed by atoms with Gasteiger partial charge < -0.3 is 15.1 Å². The van der Waals surface area contributed by atoms with Gasteiger partial charge in [-0.2, -0.15) is 24.9 Å². The van der Waals surface area contributed by atoms with E-state index in [-0.39, 0.29) is 43.7 Å². The number of halogens is 4. The molecule has 3 rings (SSSR count).